The number of hydrogen-bond donors (Lipinski definition) is 3. The smallest absolute Gasteiger partial charge is 0.315 e. The third-order valence-corrected chi connectivity index (χ3v) is 2.83. The molecule has 2 rings (SSSR count). The highest BCUT2D eigenvalue weighted by Gasteiger charge is 2.11. The van der Waals surface area contributed by atoms with Crippen molar-refractivity contribution in [3.63, 3.8) is 0 Å². The Morgan fingerprint density at radius 1 is 1.14 bits per heavy atom. The molecule has 8 heteroatoms. The number of hydrogen-bond acceptors (Lipinski definition) is 5. The standard InChI is InChI=1S/C14H16N4O4/c19-14(17-10-11-4-3-9-22-11)16-8-7-15-12-5-1-2-6-13(12)18(20)21/h1-6,9,15H,7-8,10H2,(H2,16,17,19). The molecule has 0 fully saturated rings. The van der Waals surface area contributed by atoms with Crippen molar-refractivity contribution in [3.05, 3.63) is 58.5 Å². The zero-order valence-electron chi connectivity index (χ0n) is 11.7. The number of nitrogens with zero attached hydrogens (tertiary/aromatic N) is 1. The van der Waals surface area contributed by atoms with Gasteiger partial charge in [0.1, 0.15) is 11.4 Å². The molecule has 1 heterocycles. The van der Waals surface area contributed by atoms with Gasteiger partial charge in [0.15, 0.2) is 0 Å². The molecule has 0 unspecified atom stereocenters. The van der Waals surface area contributed by atoms with Crippen LogP contribution >= 0.6 is 0 Å². The maximum Gasteiger partial charge on any atom is 0.315 e. The summed E-state index contributed by atoms with van der Waals surface area (Å²) in [6.45, 7) is 1.01. The second-order valence-electron chi connectivity index (χ2n) is 4.39. The van der Waals surface area contributed by atoms with Crippen LogP contribution in [0.1, 0.15) is 5.76 Å². The van der Waals surface area contributed by atoms with Crippen LogP contribution in [0, 0.1) is 10.1 Å². The Bertz CT molecular complexity index is 628. The first-order valence-corrected chi connectivity index (χ1v) is 6.68. The van der Waals surface area contributed by atoms with Gasteiger partial charge in [-0.1, -0.05) is 12.1 Å². The van der Waals surface area contributed by atoms with Crippen LogP contribution in [0.25, 0.3) is 0 Å². The van der Waals surface area contributed by atoms with Crippen molar-refractivity contribution >= 4 is 17.4 Å². The zero-order valence-corrected chi connectivity index (χ0v) is 11.7. The van der Waals surface area contributed by atoms with Crippen molar-refractivity contribution in [1.82, 2.24) is 10.6 Å². The van der Waals surface area contributed by atoms with Gasteiger partial charge in [0.05, 0.1) is 17.7 Å². The minimum atomic E-state index is -0.453. The summed E-state index contributed by atoms with van der Waals surface area (Å²) < 4.78 is 5.08. The third-order valence-electron chi connectivity index (χ3n) is 2.83. The van der Waals surface area contributed by atoms with Gasteiger partial charge in [0.2, 0.25) is 0 Å². The molecule has 1 aromatic heterocycles. The van der Waals surface area contributed by atoms with E-state index in [0.717, 1.165) is 0 Å². The van der Waals surface area contributed by atoms with Crippen molar-refractivity contribution in [2.75, 3.05) is 18.4 Å². The van der Waals surface area contributed by atoms with Gasteiger partial charge in [-0.15, -0.1) is 0 Å². The van der Waals surface area contributed by atoms with Gasteiger partial charge in [-0.25, -0.2) is 4.79 Å². The van der Waals surface area contributed by atoms with Gasteiger partial charge in [-0.3, -0.25) is 10.1 Å². The van der Waals surface area contributed by atoms with Crippen LogP contribution in [-0.2, 0) is 6.54 Å². The minimum absolute atomic E-state index is 0.00442. The number of anilines is 1. The van der Waals surface area contributed by atoms with Crippen LogP contribution in [0.3, 0.4) is 0 Å². The number of nitro groups is 1. The summed E-state index contributed by atoms with van der Waals surface area (Å²) >= 11 is 0. The van der Waals surface area contributed by atoms with Crippen molar-refractivity contribution in [1.29, 1.82) is 0 Å². The predicted molar refractivity (Wildman–Crippen MR) is 80.5 cm³/mol. The lowest BCUT2D eigenvalue weighted by molar-refractivity contribution is -0.384. The van der Waals surface area contributed by atoms with Crippen molar-refractivity contribution in [2.24, 2.45) is 0 Å². The van der Waals surface area contributed by atoms with E-state index in [2.05, 4.69) is 16.0 Å². The van der Waals surface area contributed by atoms with Gasteiger partial charge in [0.25, 0.3) is 5.69 Å². The Hall–Kier alpha value is -3.03. The number of carbonyl (C=O) groups is 1. The Morgan fingerprint density at radius 3 is 2.68 bits per heavy atom. The molecule has 3 N–H and O–H groups in total. The average Bonchev–Trinajstić information content (AvgIpc) is 3.03. The number of amides is 2. The molecule has 0 saturated carbocycles. The van der Waals surface area contributed by atoms with Crippen LogP contribution in [0.5, 0.6) is 0 Å². The summed E-state index contributed by atoms with van der Waals surface area (Å²) in [6, 6.07) is 9.52. The predicted octanol–water partition coefficient (Wildman–Crippen LogP) is 2.10. The van der Waals surface area contributed by atoms with Gasteiger partial charge in [-0.2, -0.15) is 0 Å². The molecule has 8 nitrogen and oxygen atoms in total. The molecule has 2 amide bonds. The molecule has 0 aliphatic rings. The van der Waals surface area contributed by atoms with E-state index in [4.69, 9.17) is 4.42 Å². The third kappa shape index (κ3) is 4.51. The lowest BCUT2D eigenvalue weighted by atomic mass is 10.2. The van der Waals surface area contributed by atoms with E-state index in [1.165, 1.54) is 12.3 Å². The van der Waals surface area contributed by atoms with Gasteiger partial charge >= 0.3 is 6.03 Å². The van der Waals surface area contributed by atoms with E-state index in [-0.39, 0.29) is 11.7 Å². The molecule has 1 aromatic carbocycles. The van der Waals surface area contributed by atoms with Gasteiger partial charge in [-0.05, 0) is 18.2 Å². The second kappa shape index (κ2) is 7.67. The van der Waals surface area contributed by atoms with E-state index in [0.29, 0.717) is 31.1 Å². The Balaban J connectivity index is 1.68. The molecule has 0 saturated heterocycles. The molecule has 0 aliphatic carbocycles. The summed E-state index contributed by atoms with van der Waals surface area (Å²) in [5.74, 6) is 0.660. The van der Waals surface area contributed by atoms with E-state index in [9.17, 15) is 14.9 Å². The van der Waals surface area contributed by atoms with E-state index in [1.807, 2.05) is 0 Å². The van der Waals surface area contributed by atoms with Gasteiger partial charge < -0.3 is 20.4 Å². The Kier molecular flexibility index (Phi) is 5.36. The fraction of sp³-hybridized carbons (Fsp3) is 0.214. The lowest BCUT2D eigenvalue weighted by Gasteiger charge is -2.09. The fourth-order valence-corrected chi connectivity index (χ4v) is 1.80. The van der Waals surface area contributed by atoms with Crippen LogP contribution in [0.4, 0.5) is 16.2 Å². The number of rotatable bonds is 7. The average molecular weight is 304 g/mol. The summed E-state index contributed by atoms with van der Waals surface area (Å²) in [4.78, 5) is 21.9. The minimum Gasteiger partial charge on any atom is -0.467 e. The number of furan rings is 1. The van der Waals surface area contributed by atoms with E-state index >= 15 is 0 Å². The molecule has 0 radical (unpaired) electrons. The summed E-state index contributed by atoms with van der Waals surface area (Å²) in [6.07, 6.45) is 1.53. The summed E-state index contributed by atoms with van der Waals surface area (Å²) in [7, 11) is 0. The van der Waals surface area contributed by atoms with E-state index < -0.39 is 4.92 Å². The molecular weight excluding hydrogens is 288 g/mol. The number of nitro benzene ring substituents is 1. The molecule has 0 spiro atoms. The Labute approximate surface area is 126 Å². The molecule has 0 atom stereocenters. The molecule has 0 aliphatic heterocycles. The van der Waals surface area contributed by atoms with E-state index in [1.54, 1.807) is 30.3 Å². The number of para-hydroxylation sites is 2. The first-order valence-electron chi connectivity index (χ1n) is 6.68. The number of nitrogens with one attached hydrogen (secondary N) is 3. The quantitative estimate of drug-likeness (QED) is 0.412. The Morgan fingerprint density at radius 2 is 1.95 bits per heavy atom. The second-order valence-corrected chi connectivity index (χ2v) is 4.39. The van der Waals surface area contributed by atoms with Crippen molar-refractivity contribution in [2.45, 2.75) is 6.54 Å². The normalized spacial score (nSPS) is 10.0. The molecule has 116 valence electrons. The molecular formula is C14H16N4O4. The maximum atomic E-state index is 11.5. The fourth-order valence-electron chi connectivity index (χ4n) is 1.80. The maximum absolute atomic E-state index is 11.5. The topological polar surface area (TPSA) is 109 Å². The summed E-state index contributed by atoms with van der Waals surface area (Å²) in [5.41, 5.74) is 0.426. The van der Waals surface area contributed by atoms with Gasteiger partial charge in [0, 0.05) is 19.2 Å². The summed E-state index contributed by atoms with van der Waals surface area (Å²) in [5, 5.41) is 19.0. The SMILES string of the molecule is O=C(NCCNc1ccccc1[N+](=O)[O-])NCc1ccco1. The van der Waals surface area contributed by atoms with Crippen LogP contribution in [-0.4, -0.2) is 24.0 Å². The lowest BCUT2D eigenvalue weighted by Crippen LogP contribution is -2.37. The van der Waals surface area contributed by atoms with Crippen molar-refractivity contribution in [3.8, 4) is 0 Å². The highest BCUT2D eigenvalue weighted by Crippen LogP contribution is 2.22. The van der Waals surface area contributed by atoms with Crippen molar-refractivity contribution < 1.29 is 14.1 Å². The van der Waals surface area contributed by atoms with Crippen LogP contribution in [0.2, 0.25) is 0 Å². The number of benzene rings is 1. The number of urea groups is 1. The molecule has 0 bridgehead atoms. The van der Waals surface area contributed by atoms with Crippen LogP contribution < -0.4 is 16.0 Å². The van der Waals surface area contributed by atoms with Crippen LogP contribution in [0.15, 0.2) is 47.1 Å². The largest absolute Gasteiger partial charge is 0.467 e. The molecule has 22 heavy (non-hydrogen) atoms. The first kappa shape index (κ1) is 15.4. The first-order chi connectivity index (χ1) is 10.7. The molecule has 2 aromatic rings. The monoisotopic (exact) mass is 304 g/mol. The highest BCUT2D eigenvalue weighted by molar-refractivity contribution is 5.73. The zero-order chi connectivity index (χ0) is 15.8. The number of carbonyl (C=O) groups excluding carboxylic acids is 1. The highest BCUT2D eigenvalue weighted by atomic mass is 16.6.